The van der Waals surface area contributed by atoms with Crippen LogP contribution < -0.4 is 16.7 Å². The average molecular weight is 484 g/mol. The number of amides is 1. The van der Waals surface area contributed by atoms with Crippen LogP contribution in [0.15, 0.2) is 71.8 Å². The minimum atomic E-state index is -3.64. The molecule has 0 aliphatic carbocycles. The van der Waals surface area contributed by atoms with E-state index in [1.54, 1.807) is 24.3 Å². The zero-order valence-electron chi connectivity index (χ0n) is 18.0. The van der Waals surface area contributed by atoms with Crippen LogP contribution in [0.5, 0.6) is 0 Å². The molecule has 1 saturated heterocycles. The predicted octanol–water partition coefficient (Wildman–Crippen LogP) is 2.51. The minimum Gasteiger partial charge on any atom is -0.423 e. The van der Waals surface area contributed by atoms with Crippen LogP contribution in [0.25, 0.3) is 22.1 Å². The summed E-state index contributed by atoms with van der Waals surface area (Å²) < 4.78 is 38.6. The van der Waals surface area contributed by atoms with E-state index in [2.05, 4.69) is 5.32 Å². The van der Waals surface area contributed by atoms with E-state index in [4.69, 9.17) is 8.83 Å². The number of carbonyl (C=O) groups excluding carboxylic acids is 1. The molecule has 34 heavy (non-hydrogen) atoms. The molecule has 1 aliphatic heterocycles. The van der Waals surface area contributed by atoms with Gasteiger partial charge in [0.05, 0.1) is 10.4 Å². The molecule has 1 amide bonds. The molecule has 4 aromatic rings. The van der Waals surface area contributed by atoms with Gasteiger partial charge < -0.3 is 14.2 Å². The summed E-state index contributed by atoms with van der Waals surface area (Å²) in [5.74, 6) is -0.995. The second-order valence-corrected chi connectivity index (χ2v) is 10.0. The Morgan fingerprint density at radius 1 is 0.941 bits per heavy atom. The molecular formula is C23H21N3O7S. The Balaban J connectivity index is 1.31. The van der Waals surface area contributed by atoms with E-state index in [9.17, 15) is 22.8 Å². The van der Waals surface area contributed by atoms with Crippen LogP contribution in [0.1, 0.15) is 19.3 Å². The summed E-state index contributed by atoms with van der Waals surface area (Å²) in [4.78, 5) is 36.2. The molecule has 1 fully saturated rings. The Labute approximate surface area is 193 Å². The third kappa shape index (κ3) is 4.15. The number of hydrogen-bond acceptors (Lipinski definition) is 7. The van der Waals surface area contributed by atoms with Gasteiger partial charge in [-0.25, -0.2) is 18.0 Å². The Morgan fingerprint density at radius 3 is 2.53 bits per heavy atom. The molecule has 3 heterocycles. The highest BCUT2D eigenvalue weighted by atomic mass is 32.2. The summed E-state index contributed by atoms with van der Waals surface area (Å²) in [5.41, 5.74) is 1.05. The Kier molecular flexibility index (Phi) is 5.58. The highest BCUT2D eigenvalue weighted by Crippen LogP contribution is 2.24. The molecule has 2 aromatic heterocycles. The lowest BCUT2D eigenvalue weighted by Crippen LogP contribution is -2.27. The van der Waals surface area contributed by atoms with Gasteiger partial charge in [-0.3, -0.25) is 9.36 Å². The molecule has 5 rings (SSSR count). The Morgan fingerprint density at radius 2 is 1.74 bits per heavy atom. The fourth-order valence-electron chi connectivity index (χ4n) is 4.08. The number of aryl methyl sites for hydroxylation is 1. The van der Waals surface area contributed by atoms with Gasteiger partial charge in [-0.15, -0.1) is 0 Å². The van der Waals surface area contributed by atoms with E-state index in [0.29, 0.717) is 35.3 Å². The number of fused-ring (bicyclic) bond motifs is 2. The van der Waals surface area contributed by atoms with Gasteiger partial charge in [-0.05, 0) is 49.2 Å². The van der Waals surface area contributed by atoms with Crippen LogP contribution in [0.2, 0.25) is 0 Å². The van der Waals surface area contributed by atoms with Crippen molar-refractivity contribution in [3.05, 3.63) is 69.5 Å². The van der Waals surface area contributed by atoms with Gasteiger partial charge in [0, 0.05) is 49.3 Å². The van der Waals surface area contributed by atoms with Crippen LogP contribution in [-0.2, 0) is 21.4 Å². The van der Waals surface area contributed by atoms with Crippen LogP contribution in [0, 0.1) is 0 Å². The Bertz CT molecular complexity index is 1630. The zero-order valence-corrected chi connectivity index (χ0v) is 18.8. The summed E-state index contributed by atoms with van der Waals surface area (Å²) >= 11 is 0. The van der Waals surface area contributed by atoms with E-state index < -0.39 is 21.4 Å². The summed E-state index contributed by atoms with van der Waals surface area (Å²) in [5, 5.41) is 3.41. The van der Waals surface area contributed by atoms with Gasteiger partial charge >= 0.3 is 11.4 Å². The summed E-state index contributed by atoms with van der Waals surface area (Å²) in [6, 6.07) is 12.1. The van der Waals surface area contributed by atoms with Crippen molar-refractivity contribution in [1.82, 2.24) is 8.87 Å². The number of nitrogens with one attached hydrogen (secondary N) is 1. The predicted molar refractivity (Wildman–Crippen MR) is 124 cm³/mol. The molecule has 0 bridgehead atoms. The molecule has 11 heteroatoms. The molecule has 1 aliphatic rings. The lowest BCUT2D eigenvalue weighted by atomic mass is 10.2. The number of aromatic nitrogens is 1. The number of rotatable bonds is 6. The fraction of sp³-hybridized carbons (Fsp3) is 0.261. The first kappa shape index (κ1) is 22.1. The second-order valence-electron chi connectivity index (χ2n) is 8.07. The van der Waals surface area contributed by atoms with Crippen molar-refractivity contribution in [2.24, 2.45) is 0 Å². The van der Waals surface area contributed by atoms with Crippen molar-refractivity contribution in [1.29, 1.82) is 0 Å². The number of anilines is 1. The first-order valence-corrected chi connectivity index (χ1v) is 12.2. The molecule has 0 atom stereocenters. The minimum absolute atomic E-state index is 0.00965. The fourth-order valence-corrected chi connectivity index (χ4v) is 5.62. The Hall–Kier alpha value is -3.70. The molecule has 10 nitrogen and oxygen atoms in total. The SMILES string of the molecule is O=C(CCn1c(=O)oc2cc(S(=O)(=O)N3CCCC3)ccc21)Nc1ccc2oc(=O)ccc2c1. The lowest BCUT2D eigenvalue weighted by molar-refractivity contribution is -0.116. The van der Waals surface area contributed by atoms with E-state index in [1.165, 1.54) is 33.1 Å². The van der Waals surface area contributed by atoms with Crippen LogP contribution >= 0.6 is 0 Å². The molecule has 0 spiro atoms. The number of oxazole rings is 1. The van der Waals surface area contributed by atoms with E-state index in [1.807, 2.05) is 0 Å². The number of hydrogen-bond donors (Lipinski definition) is 1. The van der Waals surface area contributed by atoms with Gasteiger partial charge in [-0.1, -0.05) is 0 Å². The molecule has 1 N–H and O–H groups in total. The van der Waals surface area contributed by atoms with E-state index >= 15 is 0 Å². The number of benzene rings is 2. The molecule has 0 unspecified atom stereocenters. The van der Waals surface area contributed by atoms with Gasteiger partial charge in [-0.2, -0.15) is 4.31 Å². The summed E-state index contributed by atoms with van der Waals surface area (Å²) in [6.07, 6.45) is 1.64. The van der Waals surface area contributed by atoms with Crippen molar-refractivity contribution in [3.8, 4) is 0 Å². The largest absolute Gasteiger partial charge is 0.423 e. The smallest absolute Gasteiger partial charge is 0.419 e. The molecule has 0 radical (unpaired) electrons. The van der Waals surface area contributed by atoms with Crippen LogP contribution in [0.4, 0.5) is 5.69 Å². The van der Waals surface area contributed by atoms with Crippen molar-refractivity contribution < 1.29 is 22.0 Å². The van der Waals surface area contributed by atoms with Crippen LogP contribution in [-0.4, -0.2) is 36.3 Å². The maximum absolute atomic E-state index is 12.8. The van der Waals surface area contributed by atoms with Gasteiger partial charge in [0.2, 0.25) is 15.9 Å². The first-order chi connectivity index (χ1) is 16.3. The summed E-state index contributed by atoms with van der Waals surface area (Å²) in [6.45, 7) is 1.01. The molecule has 2 aromatic carbocycles. The van der Waals surface area contributed by atoms with E-state index in [-0.39, 0.29) is 29.4 Å². The average Bonchev–Trinajstić information content (AvgIpc) is 3.45. The third-order valence-corrected chi connectivity index (χ3v) is 7.70. The maximum atomic E-state index is 12.8. The number of nitrogens with zero attached hydrogens (tertiary/aromatic N) is 2. The zero-order chi connectivity index (χ0) is 23.9. The third-order valence-electron chi connectivity index (χ3n) is 5.81. The summed E-state index contributed by atoms with van der Waals surface area (Å²) in [7, 11) is -3.64. The molecule has 176 valence electrons. The monoisotopic (exact) mass is 483 g/mol. The van der Waals surface area contributed by atoms with Crippen molar-refractivity contribution in [2.45, 2.75) is 30.7 Å². The maximum Gasteiger partial charge on any atom is 0.419 e. The number of carbonyl (C=O) groups is 1. The van der Waals surface area contributed by atoms with Gasteiger partial charge in [0.25, 0.3) is 0 Å². The van der Waals surface area contributed by atoms with Crippen molar-refractivity contribution in [2.75, 3.05) is 18.4 Å². The van der Waals surface area contributed by atoms with Crippen LogP contribution in [0.3, 0.4) is 0 Å². The van der Waals surface area contributed by atoms with Crippen molar-refractivity contribution in [3.63, 3.8) is 0 Å². The normalized spacial score (nSPS) is 14.7. The highest BCUT2D eigenvalue weighted by Gasteiger charge is 2.28. The topological polar surface area (TPSA) is 132 Å². The standard InChI is InChI=1S/C23H21N3O7S/c27-21(24-16-4-7-19-15(13-16)3-8-22(28)32-19)9-12-26-18-6-5-17(14-20(18)33-23(26)29)34(30,31)25-10-1-2-11-25/h3-8,13-14H,1-2,9-12H2,(H,24,27). The number of sulfonamides is 1. The first-order valence-electron chi connectivity index (χ1n) is 10.8. The van der Waals surface area contributed by atoms with Gasteiger partial charge in [0.15, 0.2) is 5.58 Å². The van der Waals surface area contributed by atoms with Gasteiger partial charge in [0.1, 0.15) is 5.58 Å². The molecule has 0 saturated carbocycles. The molecular weight excluding hydrogens is 462 g/mol. The van der Waals surface area contributed by atoms with E-state index in [0.717, 1.165) is 12.8 Å². The van der Waals surface area contributed by atoms with Crippen molar-refractivity contribution >= 4 is 43.7 Å². The second kappa shape index (κ2) is 8.58. The highest BCUT2D eigenvalue weighted by molar-refractivity contribution is 7.89. The quantitative estimate of drug-likeness (QED) is 0.417. The lowest BCUT2D eigenvalue weighted by Gasteiger charge is -2.15.